The monoisotopic (exact) mass is 413 g/mol. The number of carboxylic acid groups (broad SMARTS) is 1. The van der Waals surface area contributed by atoms with Crippen LogP contribution in [0, 0.1) is 3.57 Å². The summed E-state index contributed by atoms with van der Waals surface area (Å²) >= 11 is 8.17. The van der Waals surface area contributed by atoms with Gasteiger partial charge in [0.2, 0.25) is 0 Å². The number of pyridine rings is 1. The molecule has 1 aromatic carbocycles. The van der Waals surface area contributed by atoms with Crippen LogP contribution in [0.15, 0.2) is 24.4 Å². The standard InChI is InChI=1S/C12H9ClINO3.ClH/c1-6(12(16)17)18-11-9(14)5-8(13)7-3-2-4-15-10(7)11;/h2-6H,1H3,(H,16,17);1H. The average Bonchev–Trinajstić information content (AvgIpc) is 2.34. The summed E-state index contributed by atoms with van der Waals surface area (Å²) < 4.78 is 6.18. The summed E-state index contributed by atoms with van der Waals surface area (Å²) in [5, 5.41) is 10.2. The number of halogens is 3. The maximum atomic E-state index is 10.8. The molecule has 0 spiro atoms. The van der Waals surface area contributed by atoms with E-state index < -0.39 is 12.1 Å². The van der Waals surface area contributed by atoms with E-state index in [9.17, 15) is 4.79 Å². The van der Waals surface area contributed by atoms with E-state index >= 15 is 0 Å². The molecule has 2 aromatic rings. The van der Waals surface area contributed by atoms with E-state index in [0.29, 0.717) is 16.3 Å². The molecule has 19 heavy (non-hydrogen) atoms. The van der Waals surface area contributed by atoms with E-state index in [1.54, 1.807) is 18.3 Å². The van der Waals surface area contributed by atoms with Gasteiger partial charge in [-0.25, -0.2) is 4.79 Å². The zero-order valence-electron chi connectivity index (χ0n) is 9.76. The Morgan fingerprint density at radius 2 is 2.26 bits per heavy atom. The number of ether oxygens (including phenoxy) is 1. The van der Waals surface area contributed by atoms with E-state index in [1.165, 1.54) is 6.92 Å². The molecule has 0 amide bonds. The third kappa shape index (κ3) is 3.40. The lowest BCUT2D eigenvalue weighted by atomic mass is 10.2. The number of benzene rings is 1. The Morgan fingerprint density at radius 1 is 1.58 bits per heavy atom. The normalized spacial score (nSPS) is 11.7. The predicted molar refractivity (Wildman–Crippen MR) is 84.4 cm³/mol. The van der Waals surface area contributed by atoms with Crippen LogP contribution < -0.4 is 4.74 Å². The molecule has 0 bridgehead atoms. The van der Waals surface area contributed by atoms with Gasteiger partial charge in [0.05, 0.1) is 8.59 Å². The molecule has 2 rings (SSSR count). The highest BCUT2D eigenvalue weighted by atomic mass is 127. The summed E-state index contributed by atoms with van der Waals surface area (Å²) in [5.41, 5.74) is 0.572. The van der Waals surface area contributed by atoms with Crippen LogP contribution in [-0.4, -0.2) is 22.2 Å². The van der Waals surface area contributed by atoms with E-state index in [-0.39, 0.29) is 12.4 Å². The van der Waals surface area contributed by atoms with Gasteiger partial charge in [-0.3, -0.25) is 4.98 Å². The molecule has 102 valence electrons. The minimum Gasteiger partial charge on any atom is -0.479 e. The molecule has 1 aromatic heterocycles. The fourth-order valence-electron chi connectivity index (χ4n) is 1.49. The van der Waals surface area contributed by atoms with Gasteiger partial charge in [0.1, 0.15) is 5.52 Å². The van der Waals surface area contributed by atoms with Crippen molar-refractivity contribution in [3.05, 3.63) is 33.0 Å². The molecular weight excluding hydrogens is 404 g/mol. The first-order chi connectivity index (χ1) is 8.50. The van der Waals surface area contributed by atoms with Crippen LogP contribution in [0.3, 0.4) is 0 Å². The molecule has 4 nitrogen and oxygen atoms in total. The summed E-state index contributed by atoms with van der Waals surface area (Å²) in [6.07, 6.45) is 0.678. The first-order valence-electron chi connectivity index (χ1n) is 5.13. The van der Waals surface area contributed by atoms with Crippen molar-refractivity contribution in [2.75, 3.05) is 0 Å². The quantitative estimate of drug-likeness (QED) is 0.778. The minimum absolute atomic E-state index is 0. The number of hydrogen-bond donors (Lipinski definition) is 1. The third-order valence-corrected chi connectivity index (χ3v) is 3.51. The van der Waals surface area contributed by atoms with Crippen LogP contribution in [0.25, 0.3) is 10.9 Å². The largest absolute Gasteiger partial charge is 0.479 e. The van der Waals surface area contributed by atoms with Gasteiger partial charge >= 0.3 is 5.97 Å². The number of nitrogens with zero attached hydrogens (tertiary/aromatic N) is 1. The Morgan fingerprint density at radius 3 is 2.89 bits per heavy atom. The van der Waals surface area contributed by atoms with Crippen molar-refractivity contribution in [1.29, 1.82) is 0 Å². The highest BCUT2D eigenvalue weighted by Gasteiger charge is 2.18. The SMILES string of the molecule is CC(Oc1c(I)cc(Cl)c2cccnc12)C(=O)O.Cl. The molecule has 0 aliphatic rings. The van der Waals surface area contributed by atoms with Crippen molar-refractivity contribution < 1.29 is 14.6 Å². The van der Waals surface area contributed by atoms with Crippen LogP contribution in [-0.2, 0) is 4.79 Å². The van der Waals surface area contributed by atoms with Crippen molar-refractivity contribution in [3.63, 3.8) is 0 Å². The number of hydrogen-bond acceptors (Lipinski definition) is 3. The molecule has 0 fully saturated rings. The first-order valence-corrected chi connectivity index (χ1v) is 6.58. The molecule has 1 atom stereocenters. The molecule has 0 saturated carbocycles. The van der Waals surface area contributed by atoms with Gasteiger partial charge < -0.3 is 9.84 Å². The summed E-state index contributed by atoms with van der Waals surface area (Å²) in [6, 6.07) is 5.32. The summed E-state index contributed by atoms with van der Waals surface area (Å²) in [5.74, 6) is -0.574. The van der Waals surface area contributed by atoms with Gasteiger partial charge in [-0.05, 0) is 47.7 Å². The van der Waals surface area contributed by atoms with Gasteiger partial charge in [0, 0.05) is 11.6 Å². The van der Waals surface area contributed by atoms with Crippen LogP contribution in [0.4, 0.5) is 0 Å². The molecule has 0 aliphatic heterocycles. The topological polar surface area (TPSA) is 59.4 Å². The number of carboxylic acids is 1. The lowest BCUT2D eigenvalue weighted by Crippen LogP contribution is -2.23. The lowest BCUT2D eigenvalue weighted by molar-refractivity contribution is -0.144. The second-order valence-corrected chi connectivity index (χ2v) is 5.24. The van der Waals surface area contributed by atoms with Gasteiger partial charge in [0.15, 0.2) is 11.9 Å². The Bertz CT molecular complexity index is 621. The van der Waals surface area contributed by atoms with Crippen LogP contribution in [0.1, 0.15) is 6.92 Å². The van der Waals surface area contributed by atoms with Crippen LogP contribution in [0.5, 0.6) is 5.75 Å². The number of fused-ring (bicyclic) bond motifs is 1. The molecule has 0 saturated heterocycles. The molecule has 0 radical (unpaired) electrons. The zero-order chi connectivity index (χ0) is 13.3. The van der Waals surface area contributed by atoms with Crippen molar-refractivity contribution in [1.82, 2.24) is 4.98 Å². The van der Waals surface area contributed by atoms with Crippen molar-refractivity contribution >= 4 is 63.5 Å². The second-order valence-electron chi connectivity index (χ2n) is 3.67. The lowest BCUT2D eigenvalue weighted by Gasteiger charge is -2.14. The molecular formula is C12H10Cl2INO3. The predicted octanol–water partition coefficient (Wildman–Crippen LogP) is 3.77. The molecule has 0 aliphatic carbocycles. The number of rotatable bonds is 3. The van der Waals surface area contributed by atoms with Crippen molar-refractivity contribution in [2.45, 2.75) is 13.0 Å². The Labute approximate surface area is 134 Å². The van der Waals surface area contributed by atoms with Crippen molar-refractivity contribution in [3.8, 4) is 5.75 Å². The number of aliphatic carboxylic acids is 1. The zero-order valence-corrected chi connectivity index (χ0v) is 13.5. The van der Waals surface area contributed by atoms with Gasteiger partial charge in [-0.1, -0.05) is 11.6 Å². The van der Waals surface area contributed by atoms with E-state index in [0.717, 1.165) is 8.96 Å². The van der Waals surface area contributed by atoms with E-state index in [4.69, 9.17) is 21.4 Å². The molecule has 1 unspecified atom stereocenters. The number of aromatic nitrogens is 1. The van der Waals surface area contributed by atoms with Gasteiger partial charge in [0.25, 0.3) is 0 Å². The summed E-state index contributed by atoms with van der Waals surface area (Å²) in [6.45, 7) is 1.47. The average molecular weight is 414 g/mol. The van der Waals surface area contributed by atoms with E-state index in [2.05, 4.69) is 4.98 Å². The van der Waals surface area contributed by atoms with Crippen molar-refractivity contribution in [2.24, 2.45) is 0 Å². The highest BCUT2D eigenvalue weighted by molar-refractivity contribution is 14.1. The highest BCUT2D eigenvalue weighted by Crippen LogP contribution is 2.35. The Hall–Kier alpha value is -0.790. The Balaban J connectivity index is 0.00000180. The number of carbonyl (C=O) groups is 1. The maximum Gasteiger partial charge on any atom is 0.344 e. The fraction of sp³-hybridized carbons (Fsp3) is 0.167. The van der Waals surface area contributed by atoms with Crippen LogP contribution >= 0.6 is 46.6 Å². The first kappa shape index (κ1) is 16.3. The minimum atomic E-state index is -1.02. The summed E-state index contributed by atoms with van der Waals surface area (Å²) in [7, 11) is 0. The Kier molecular flexibility index (Phi) is 5.64. The maximum absolute atomic E-state index is 10.8. The smallest absolute Gasteiger partial charge is 0.344 e. The van der Waals surface area contributed by atoms with Gasteiger partial charge in [-0.15, -0.1) is 12.4 Å². The van der Waals surface area contributed by atoms with E-state index in [1.807, 2.05) is 28.7 Å². The fourth-order valence-corrected chi connectivity index (χ4v) is 2.63. The van der Waals surface area contributed by atoms with Crippen LogP contribution in [0.2, 0.25) is 5.02 Å². The summed E-state index contributed by atoms with van der Waals surface area (Å²) in [4.78, 5) is 15.1. The van der Waals surface area contributed by atoms with Gasteiger partial charge in [-0.2, -0.15) is 0 Å². The molecule has 1 N–H and O–H groups in total. The molecule has 1 heterocycles. The third-order valence-electron chi connectivity index (χ3n) is 2.39. The second kappa shape index (κ2) is 6.58. The molecule has 7 heteroatoms.